The Morgan fingerprint density at radius 3 is 2.81 bits per heavy atom. The number of carbonyl (C=O) groups excluding carboxylic acids is 1. The molecule has 0 saturated heterocycles. The van der Waals surface area contributed by atoms with Crippen LogP contribution in [0.3, 0.4) is 0 Å². The summed E-state index contributed by atoms with van der Waals surface area (Å²) < 4.78 is 13.4. The van der Waals surface area contributed by atoms with Gasteiger partial charge in [0.05, 0.1) is 11.2 Å². The average Bonchev–Trinajstić information content (AvgIpc) is 2.82. The molecule has 1 amide bonds. The van der Waals surface area contributed by atoms with E-state index in [0.29, 0.717) is 5.69 Å². The maximum Gasteiger partial charge on any atom is 0.221 e. The van der Waals surface area contributed by atoms with Gasteiger partial charge >= 0.3 is 0 Å². The molecule has 0 radical (unpaired) electrons. The third-order valence-electron chi connectivity index (χ3n) is 3.28. The number of nitrogens with zero attached hydrogens (tertiary/aromatic N) is 1. The molecule has 2 aromatic carbocycles. The highest BCUT2D eigenvalue weighted by Crippen LogP contribution is 2.30. The number of benzene rings is 2. The molecule has 5 heteroatoms. The molecule has 106 valence electrons. The average molecular weight is 283 g/mol. The highest BCUT2D eigenvalue weighted by molar-refractivity contribution is 5.99. The van der Waals surface area contributed by atoms with Gasteiger partial charge in [0.25, 0.3) is 0 Å². The number of amides is 1. The molecule has 0 aliphatic heterocycles. The van der Waals surface area contributed by atoms with E-state index in [2.05, 4.69) is 15.5 Å². The van der Waals surface area contributed by atoms with Crippen LogP contribution in [0.15, 0.2) is 36.4 Å². The van der Waals surface area contributed by atoms with E-state index in [1.54, 1.807) is 6.07 Å². The second-order valence-electron chi connectivity index (χ2n) is 4.98. The second-order valence-corrected chi connectivity index (χ2v) is 4.98. The molecule has 0 saturated carbocycles. The fraction of sp³-hybridized carbons (Fsp3) is 0.125. The Morgan fingerprint density at radius 1 is 1.29 bits per heavy atom. The standard InChI is InChI=1S/C16H14FN3O/c1-9-6-13(18-10(2)21)8-14-15(9)19-20-16(14)11-4-3-5-12(17)7-11/h3-8H,1-2H3,(H,18,21)(H,19,20). The lowest BCUT2D eigenvalue weighted by Gasteiger charge is -2.05. The van der Waals surface area contributed by atoms with Gasteiger partial charge in [0.15, 0.2) is 0 Å². The van der Waals surface area contributed by atoms with Gasteiger partial charge in [0, 0.05) is 23.6 Å². The number of fused-ring (bicyclic) bond motifs is 1. The summed E-state index contributed by atoms with van der Waals surface area (Å²) in [6.45, 7) is 3.38. The normalized spacial score (nSPS) is 10.8. The molecule has 3 aromatic rings. The number of aromatic nitrogens is 2. The summed E-state index contributed by atoms with van der Waals surface area (Å²) in [4.78, 5) is 11.2. The number of H-pyrrole nitrogens is 1. The van der Waals surface area contributed by atoms with Crippen LogP contribution >= 0.6 is 0 Å². The van der Waals surface area contributed by atoms with Gasteiger partial charge in [0.1, 0.15) is 5.82 Å². The highest BCUT2D eigenvalue weighted by atomic mass is 19.1. The number of halogens is 1. The van der Waals surface area contributed by atoms with Crippen LogP contribution in [-0.2, 0) is 4.79 Å². The Labute approximate surface area is 121 Å². The number of carbonyl (C=O) groups is 1. The fourth-order valence-electron chi connectivity index (χ4n) is 2.43. The monoisotopic (exact) mass is 283 g/mol. The summed E-state index contributed by atoms with van der Waals surface area (Å²) in [7, 11) is 0. The van der Waals surface area contributed by atoms with E-state index in [1.807, 2.05) is 25.1 Å². The number of rotatable bonds is 2. The molecular formula is C16H14FN3O. The van der Waals surface area contributed by atoms with Gasteiger partial charge in [-0.3, -0.25) is 9.89 Å². The summed E-state index contributed by atoms with van der Waals surface area (Å²) in [5, 5.41) is 10.8. The van der Waals surface area contributed by atoms with Crippen LogP contribution in [-0.4, -0.2) is 16.1 Å². The van der Waals surface area contributed by atoms with Crippen molar-refractivity contribution < 1.29 is 9.18 Å². The zero-order chi connectivity index (χ0) is 15.0. The van der Waals surface area contributed by atoms with Crippen molar-refractivity contribution in [2.24, 2.45) is 0 Å². The van der Waals surface area contributed by atoms with E-state index in [0.717, 1.165) is 27.7 Å². The quantitative estimate of drug-likeness (QED) is 0.754. The first-order chi connectivity index (χ1) is 10.0. The van der Waals surface area contributed by atoms with Gasteiger partial charge in [-0.15, -0.1) is 0 Å². The number of hydrogen-bond donors (Lipinski definition) is 2. The van der Waals surface area contributed by atoms with Gasteiger partial charge in [-0.2, -0.15) is 5.10 Å². The maximum absolute atomic E-state index is 13.4. The molecular weight excluding hydrogens is 269 g/mol. The minimum absolute atomic E-state index is 0.135. The topological polar surface area (TPSA) is 57.8 Å². The van der Waals surface area contributed by atoms with Crippen molar-refractivity contribution in [3.8, 4) is 11.3 Å². The molecule has 0 aliphatic rings. The van der Waals surface area contributed by atoms with E-state index in [-0.39, 0.29) is 11.7 Å². The van der Waals surface area contributed by atoms with Crippen molar-refractivity contribution in [2.75, 3.05) is 5.32 Å². The molecule has 4 nitrogen and oxygen atoms in total. The van der Waals surface area contributed by atoms with Gasteiger partial charge < -0.3 is 5.32 Å². The van der Waals surface area contributed by atoms with Crippen LogP contribution in [0.2, 0.25) is 0 Å². The van der Waals surface area contributed by atoms with Crippen molar-refractivity contribution >= 4 is 22.5 Å². The Hall–Kier alpha value is -2.69. The fourth-order valence-corrected chi connectivity index (χ4v) is 2.43. The van der Waals surface area contributed by atoms with Gasteiger partial charge in [-0.05, 0) is 36.8 Å². The summed E-state index contributed by atoms with van der Waals surface area (Å²) in [6.07, 6.45) is 0. The molecule has 0 spiro atoms. The SMILES string of the molecule is CC(=O)Nc1cc(C)c2n[nH]c(-c3cccc(F)c3)c2c1. The summed E-state index contributed by atoms with van der Waals surface area (Å²) in [5.74, 6) is -0.436. The van der Waals surface area contributed by atoms with E-state index in [1.165, 1.54) is 19.1 Å². The van der Waals surface area contributed by atoms with E-state index in [9.17, 15) is 9.18 Å². The molecule has 0 bridgehead atoms. The lowest BCUT2D eigenvalue weighted by molar-refractivity contribution is -0.114. The maximum atomic E-state index is 13.4. The minimum atomic E-state index is -0.301. The predicted octanol–water partition coefficient (Wildman–Crippen LogP) is 3.64. The first-order valence-electron chi connectivity index (χ1n) is 6.57. The number of aryl methyl sites for hydroxylation is 1. The molecule has 21 heavy (non-hydrogen) atoms. The molecule has 0 atom stereocenters. The zero-order valence-corrected chi connectivity index (χ0v) is 11.7. The molecule has 2 N–H and O–H groups in total. The Balaban J connectivity index is 2.20. The van der Waals surface area contributed by atoms with Crippen molar-refractivity contribution in [3.05, 3.63) is 47.8 Å². The summed E-state index contributed by atoms with van der Waals surface area (Å²) >= 11 is 0. The van der Waals surface area contributed by atoms with Crippen molar-refractivity contribution in [2.45, 2.75) is 13.8 Å². The highest BCUT2D eigenvalue weighted by Gasteiger charge is 2.12. The number of hydrogen-bond acceptors (Lipinski definition) is 2. The smallest absolute Gasteiger partial charge is 0.221 e. The molecule has 1 heterocycles. The third kappa shape index (κ3) is 2.50. The van der Waals surface area contributed by atoms with Gasteiger partial charge in [0.2, 0.25) is 5.91 Å². The van der Waals surface area contributed by atoms with Crippen molar-refractivity contribution in [3.63, 3.8) is 0 Å². The molecule has 3 rings (SSSR count). The second kappa shape index (κ2) is 5.01. The summed E-state index contributed by atoms with van der Waals surface area (Å²) in [6, 6.07) is 10.0. The van der Waals surface area contributed by atoms with E-state index in [4.69, 9.17) is 0 Å². The Kier molecular flexibility index (Phi) is 3.17. The molecule has 0 fully saturated rings. The van der Waals surface area contributed by atoms with Crippen LogP contribution in [0.4, 0.5) is 10.1 Å². The molecule has 0 aliphatic carbocycles. The Morgan fingerprint density at radius 2 is 2.10 bits per heavy atom. The van der Waals surface area contributed by atoms with Crippen LogP contribution in [0, 0.1) is 12.7 Å². The number of aromatic amines is 1. The lowest BCUT2D eigenvalue weighted by Crippen LogP contribution is -2.05. The van der Waals surface area contributed by atoms with Crippen molar-refractivity contribution in [1.82, 2.24) is 10.2 Å². The molecule has 1 aromatic heterocycles. The van der Waals surface area contributed by atoms with Crippen LogP contribution in [0.1, 0.15) is 12.5 Å². The number of nitrogens with one attached hydrogen (secondary N) is 2. The van der Waals surface area contributed by atoms with Crippen LogP contribution < -0.4 is 5.32 Å². The minimum Gasteiger partial charge on any atom is -0.326 e. The third-order valence-corrected chi connectivity index (χ3v) is 3.28. The number of anilines is 1. The largest absolute Gasteiger partial charge is 0.326 e. The van der Waals surface area contributed by atoms with Crippen LogP contribution in [0.25, 0.3) is 22.2 Å². The van der Waals surface area contributed by atoms with Gasteiger partial charge in [-0.1, -0.05) is 12.1 Å². The lowest BCUT2D eigenvalue weighted by atomic mass is 10.0. The first-order valence-corrected chi connectivity index (χ1v) is 6.57. The zero-order valence-electron chi connectivity index (χ0n) is 11.7. The first kappa shape index (κ1) is 13.3. The predicted molar refractivity (Wildman–Crippen MR) is 80.5 cm³/mol. The van der Waals surface area contributed by atoms with E-state index < -0.39 is 0 Å². The van der Waals surface area contributed by atoms with Crippen LogP contribution in [0.5, 0.6) is 0 Å². The van der Waals surface area contributed by atoms with E-state index >= 15 is 0 Å². The molecule has 0 unspecified atom stereocenters. The summed E-state index contributed by atoms with van der Waals surface area (Å²) in [5.41, 5.74) is 3.90. The van der Waals surface area contributed by atoms with Crippen molar-refractivity contribution in [1.29, 1.82) is 0 Å². The Bertz CT molecular complexity index is 839. The van der Waals surface area contributed by atoms with Gasteiger partial charge in [-0.25, -0.2) is 4.39 Å².